The molecule has 4 aromatic rings. The molecule has 0 atom stereocenters. The van der Waals surface area contributed by atoms with Crippen LogP contribution in [0.15, 0.2) is 53.7 Å². The Bertz CT molecular complexity index is 1430. The summed E-state index contributed by atoms with van der Waals surface area (Å²) in [4.78, 5) is 29.4. The van der Waals surface area contributed by atoms with E-state index in [1.54, 1.807) is 6.92 Å². The third-order valence-electron chi connectivity index (χ3n) is 6.08. The van der Waals surface area contributed by atoms with Gasteiger partial charge in [0.2, 0.25) is 0 Å². The number of nitrogens with zero attached hydrogens (tertiary/aromatic N) is 2. The summed E-state index contributed by atoms with van der Waals surface area (Å²) in [6, 6.07) is 16.1. The van der Waals surface area contributed by atoms with E-state index in [9.17, 15) is 9.59 Å². The second-order valence-electron chi connectivity index (χ2n) is 8.57. The van der Waals surface area contributed by atoms with E-state index in [-0.39, 0.29) is 5.78 Å². The summed E-state index contributed by atoms with van der Waals surface area (Å²) in [5, 5.41) is 5.98. The summed E-state index contributed by atoms with van der Waals surface area (Å²) >= 11 is 0. The van der Waals surface area contributed by atoms with Crippen LogP contribution in [0.2, 0.25) is 0 Å². The van der Waals surface area contributed by atoms with Gasteiger partial charge in [-0.25, -0.2) is 4.79 Å². The van der Waals surface area contributed by atoms with Crippen molar-refractivity contribution in [3.05, 3.63) is 81.9 Å². The average Bonchev–Trinajstić information content (AvgIpc) is 3.08. The molecule has 0 aliphatic rings. The second kappa shape index (κ2) is 8.66. The topological polar surface area (TPSA) is 60.7 Å². The Morgan fingerprint density at radius 2 is 1.39 bits per heavy atom. The van der Waals surface area contributed by atoms with E-state index in [4.69, 9.17) is 4.84 Å². The molecule has 0 spiro atoms. The Kier molecular flexibility index (Phi) is 5.90. The van der Waals surface area contributed by atoms with Crippen molar-refractivity contribution in [2.45, 2.75) is 48.1 Å². The number of benzene rings is 3. The fourth-order valence-corrected chi connectivity index (χ4v) is 4.68. The quantitative estimate of drug-likeness (QED) is 0.159. The van der Waals surface area contributed by atoms with Crippen LogP contribution >= 0.6 is 0 Å². The average molecular weight is 441 g/mol. The number of fused-ring (bicyclic) bond motifs is 3. The fourth-order valence-electron chi connectivity index (χ4n) is 4.68. The number of ketones is 1. The maximum atomic E-state index is 13.5. The van der Waals surface area contributed by atoms with Gasteiger partial charge in [-0.2, -0.15) is 0 Å². The predicted octanol–water partition coefficient (Wildman–Crippen LogP) is 6.26. The monoisotopic (exact) mass is 440 g/mol. The van der Waals surface area contributed by atoms with Crippen LogP contribution < -0.4 is 0 Å². The number of aryl methyl sites for hydroxylation is 4. The normalized spacial score (nSPS) is 11.9. The molecular weight excluding hydrogens is 412 g/mol. The Hall–Kier alpha value is -3.73. The minimum absolute atomic E-state index is 0.0352. The molecule has 0 aliphatic carbocycles. The van der Waals surface area contributed by atoms with E-state index < -0.39 is 5.97 Å². The van der Waals surface area contributed by atoms with Crippen LogP contribution in [0.1, 0.15) is 58.9 Å². The number of carbonyl (C=O) groups excluding carboxylic acids is 2. The van der Waals surface area contributed by atoms with E-state index in [2.05, 4.69) is 34.8 Å². The molecule has 0 bridgehead atoms. The maximum absolute atomic E-state index is 13.5. The zero-order valence-electron chi connectivity index (χ0n) is 19.9. The van der Waals surface area contributed by atoms with Gasteiger partial charge in [-0.15, -0.1) is 0 Å². The zero-order chi connectivity index (χ0) is 23.9. The van der Waals surface area contributed by atoms with E-state index in [0.29, 0.717) is 11.3 Å². The van der Waals surface area contributed by atoms with E-state index in [0.717, 1.165) is 56.2 Å². The van der Waals surface area contributed by atoms with Crippen molar-refractivity contribution in [3.8, 4) is 0 Å². The van der Waals surface area contributed by atoms with E-state index >= 15 is 0 Å². The molecule has 0 radical (unpaired) electrons. The molecule has 0 fully saturated rings. The third-order valence-corrected chi connectivity index (χ3v) is 6.08. The highest BCUT2D eigenvalue weighted by atomic mass is 16.7. The lowest BCUT2D eigenvalue weighted by molar-refractivity contribution is -0.140. The number of aromatic nitrogens is 1. The van der Waals surface area contributed by atoms with Gasteiger partial charge in [0.25, 0.3) is 0 Å². The standard InChI is InChI=1S/C28H28N2O3/c1-7-30-25-10-8-21(19(5)29-33-20(6)31)14-23(25)24-15-22(9-11-26(24)30)28(32)27-17(3)12-16(2)13-18(27)4/h8-15H,7H2,1-6H3/b29-19-. The number of rotatable bonds is 5. The fraction of sp³-hybridized carbons (Fsp3) is 0.250. The molecule has 3 aromatic carbocycles. The summed E-state index contributed by atoms with van der Waals surface area (Å²) in [5.74, 6) is -0.420. The van der Waals surface area contributed by atoms with Gasteiger partial charge in [0.05, 0.1) is 5.71 Å². The Morgan fingerprint density at radius 1 is 0.848 bits per heavy atom. The summed E-state index contributed by atoms with van der Waals surface area (Å²) in [5.41, 5.74) is 8.22. The Labute approximate surface area is 193 Å². The van der Waals surface area contributed by atoms with Crippen molar-refractivity contribution < 1.29 is 14.4 Å². The van der Waals surface area contributed by atoms with Gasteiger partial charge in [-0.3, -0.25) is 4.79 Å². The molecule has 5 heteroatoms. The van der Waals surface area contributed by atoms with Crippen molar-refractivity contribution in [3.63, 3.8) is 0 Å². The molecule has 0 saturated carbocycles. The zero-order valence-corrected chi connectivity index (χ0v) is 19.9. The highest BCUT2D eigenvalue weighted by Crippen LogP contribution is 2.32. The maximum Gasteiger partial charge on any atom is 0.331 e. The summed E-state index contributed by atoms with van der Waals surface area (Å²) in [6.07, 6.45) is 0. The van der Waals surface area contributed by atoms with Gasteiger partial charge < -0.3 is 9.40 Å². The second-order valence-corrected chi connectivity index (χ2v) is 8.57. The van der Waals surface area contributed by atoms with Crippen LogP contribution in [-0.2, 0) is 16.2 Å². The first-order valence-corrected chi connectivity index (χ1v) is 11.1. The van der Waals surface area contributed by atoms with E-state index in [1.165, 1.54) is 6.92 Å². The van der Waals surface area contributed by atoms with Crippen LogP contribution in [0.5, 0.6) is 0 Å². The molecule has 33 heavy (non-hydrogen) atoms. The lowest BCUT2D eigenvalue weighted by atomic mass is 9.92. The highest BCUT2D eigenvalue weighted by molar-refractivity contribution is 6.16. The van der Waals surface area contributed by atoms with Gasteiger partial charge in [0, 0.05) is 46.4 Å². The molecular formula is C28H28N2O3. The minimum atomic E-state index is -0.456. The summed E-state index contributed by atoms with van der Waals surface area (Å²) < 4.78 is 2.24. The third kappa shape index (κ3) is 4.07. The van der Waals surface area contributed by atoms with Crippen LogP contribution in [0, 0.1) is 20.8 Å². The summed E-state index contributed by atoms with van der Waals surface area (Å²) in [7, 11) is 0. The van der Waals surface area contributed by atoms with Crippen LogP contribution in [0.25, 0.3) is 21.8 Å². The first-order valence-electron chi connectivity index (χ1n) is 11.1. The molecule has 1 heterocycles. The van der Waals surface area contributed by atoms with Crippen LogP contribution in [-0.4, -0.2) is 22.0 Å². The first-order chi connectivity index (χ1) is 15.7. The van der Waals surface area contributed by atoms with Crippen LogP contribution in [0.3, 0.4) is 0 Å². The van der Waals surface area contributed by atoms with Gasteiger partial charge in [0.15, 0.2) is 5.78 Å². The Balaban J connectivity index is 1.89. The Morgan fingerprint density at radius 3 is 1.94 bits per heavy atom. The predicted molar refractivity (Wildman–Crippen MR) is 133 cm³/mol. The molecule has 0 amide bonds. The van der Waals surface area contributed by atoms with Crippen LogP contribution in [0.4, 0.5) is 0 Å². The van der Waals surface area contributed by atoms with Crippen molar-refractivity contribution in [2.24, 2.45) is 5.16 Å². The molecule has 0 N–H and O–H groups in total. The molecule has 1 aromatic heterocycles. The lowest BCUT2D eigenvalue weighted by Crippen LogP contribution is -2.07. The SMILES string of the molecule is CCn1c2ccc(C(=O)c3c(C)cc(C)cc3C)cc2c2cc(/C(C)=N\OC(C)=O)ccc21. The molecule has 0 saturated heterocycles. The highest BCUT2D eigenvalue weighted by Gasteiger charge is 2.18. The lowest BCUT2D eigenvalue weighted by Gasteiger charge is -2.11. The van der Waals surface area contributed by atoms with Crippen molar-refractivity contribution >= 4 is 39.3 Å². The molecule has 0 aliphatic heterocycles. The number of carbonyl (C=O) groups is 2. The minimum Gasteiger partial charge on any atom is -0.341 e. The number of oxime groups is 1. The number of hydrogen-bond donors (Lipinski definition) is 0. The largest absolute Gasteiger partial charge is 0.341 e. The van der Waals surface area contributed by atoms with E-state index in [1.807, 2.05) is 51.1 Å². The van der Waals surface area contributed by atoms with Gasteiger partial charge in [0.1, 0.15) is 0 Å². The molecule has 168 valence electrons. The van der Waals surface area contributed by atoms with Crippen molar-refractivity contribution in [2.75, 3.05) is 0 Å². The molecule has 5 nitrogen and oxygen atoms in total. The van der Waals surface area contributed by atoms with Crippen molar-refractivity contribution in [1.29, 1.82) is 0 Å². The van der Waals surface area contributed by atoms with Crippen molar-refractivity contribution in [1.82, 2.24) is 4.57 Å². The molecule has 0 unspecified atom stereocenters. The van der Waals surface area contributed by atoms with Gasteiger partial charge in [-0.05, 0) is 81.6 Å². The van der Waals surface area contributed by atoms with Gasteiger partial charge in [-0.1, -0.05) is 28.9 Å². The van der Waals surface area contributed by atoms with Gasteiger partial charge >= 0.3 is 5.97 Å². The molecule has 4 rings (SSSR count). The first kappa shape index (κ1) is 22.5. The number of hydrogen-bond acceptors (Lipinski definition) is 4. The smallest absolute Gasteiger partial charge is 0.331 e. The summed E-state index contributed by atoms with van der Waals surface area (Å²) in [6.45, 7) is 12.1.